The first kappa shape index (κ1) is 13.4. The van der Waals surface area contributed by atoms with Crippen LogP contribution >= 0.6 is 0 Å². The highest BCUT2D eigenvalue weighted by molar-refractivity contribution is 5.80. The predicted octanol–water partition coefficient (Wildman–Crippen LogP) is -0.0701. The van der Waals surface area contributed by atoms with Crippen molar-refractivity contribution in [2.24, 2.45) is 5.73 Å². The molecule has 0 aromatic heterocycles. The lowest BCUT2D eigenvalue weighted by Gasteiger charge is -2.21. The molecule has 0 aromatic rings. The molecule has 0 aliphatic carbocycles. The number of carbonyl (C=O) groups is 1. The second-order valence-corrected chi connectivity index (χ2v) is 3.18. The first-order valence-corrected chi connectivity index (χ1v) is 4.57. The molecule has 0 spiro atoms. The Kier molecular flexibility index (Phi) is 6.44. The molecule has 0 aromatic carbocycles. The van der Waals surface area contributed by atoms with Crippen LogP contribution in [0.2, 0.25) is 0 Å². The molecule has 0 heterocycles. The van der Waals surface area contributed by atoms with Crippen molar-refractivity contribution in [2.45, 2.75) is 19.4 Å². The maximum Gasteiger partial charge on any atom is 0.328 e. The molecule has 1 unspecified atom stereocenters. The van der Waals surface area contributed by atoms with Crippen LogP contribution in [0.1, 0.15) is 13.8 Å². The summed E-state index contributed by atoms with van der Waals surface area (Å²) < 4.78 is 14.7. The van der Waals surface area contributed by atoms with Gasteiger partial charge in [0.2, 0.25) is 0 Å². The van der Waals surface area contributed by atoms with Crippen molar-refractivity contribution in [3.05, 3.63) is 0 Å². The maximum atomic E-state index is 11.3. The summed E-state index contributed by atoms with van der Waals surface area (Å²) >= 11 is 0. The largest absolute Gasteiger partial charge is 0.465 e. The highest BCUT2D eigenvalue weighted by Gasteiger charge is 2.30. The van der Waals surface area contributed by atoms with Gasteiger partial charge < -0.3 is 19.9 Å². The van der Waals surface area contributed by atoms with E-state index in [2.05, 4.69) is 0 Å². The first-order valence-electron chi connectivity index (χ1n) is 4.57. The summed E-state index contributed by atoms with van der Waals surface area (Å²) in [6.07, 6.45) is 0. The number of rotatable bonds is 7. The molecular formula is C9H19NO4. The van der Waals surface area contributed by atoms with E-state index in [0.29, 0.717) is 19.8 Å². The van der Waals surface area contributed by atoms with Crippen LogP contribution in [0.25, 0.3) is 0 Å². The molecule has 0 fully saturated rings. The van der Waals surface area contributed by atoms with Crippen molar-refractivity contribution >= 4 is 5.97 Å². The van der Waals surface area contributed by atoms with Crippen LogP contribution in [0.4, 0.5) is 0 Å². The first-order chi connectivity index (χ1) is 6.54. The molecule has 84 valence electrons. The zero-order valence-corrected chi connectivity index (χ0v) is 9.04. The fourth-order valence-corrected chi connectivity index (χ4v) is 0.781. The van der Waals surface area contributed by atoms with Gasteiger partial charge in [-0.15, -0.1) is 0 Å². The average molecular weight is 205 g/mol. The van der Waals surface area contributed by atoms with Gasteiger partial charge in [0.1, 0.15) is 5.54 Å². The molecule has 0 saturated heterocycles. The van der Waals surface area contributed by atoms with Crippen molar-refractivity contribution in [2.75, 3.05) is 33.5 Å². The fourth-order valence-electron chi connectivity index (χ4n) is 0.781. The Morgan fingerprint density at radius 3 is 2.57 bits per heavy atom. The summed E-state index contributed by atoms with van der Waals surface area (Å²) in [5.41, 5.74) is 4.61. The minimum atomic E-state index is -1.08. The van der Waals surface area contributed by atoms with Crippen LogP contribution in [-0.2, 0) is 19.0 Å². The molecule has 0 bridgehead atoms. The predicted molar refractivity (Wildman–Crippen MR) is 51.9 cm³/mol. The maximum absolute atomic E-state index is 11.3. The van der Waals surface area contributed by atoms with E-state index in [1.807, 2.05) is 0 Å². The van der Waals surface area contributed by atoms with E-state index in [9.17, 15) is 4.79 Å². The van der Waals surface area contributed by atoms with Crippen molar-refractivity contribution in [1.29, 1.82) is 0 Å². The van der Waals surface area contributed by atoms with Gasteiger partial charge in [0, 0.05) is 7.11 Å². The monoisotopic (exact) mass is 205 g/mol. The number of esters is 1. The molecule has 1 atom stereocenters. The molecule has 14 heavy (non-hydrogen) atoms. The van der Waals surface area contributed by atoms with Crippen LogP contribution in [0.5, 0.6) is 0 Å². The normalized spacial score (nSPS) is 14.9. The second-order valence-electron chi connectivity index (χ2n) is 3.18. The molecule has 0 aliphatic rings. The number of hydrogen-bond acceptors (Lipinski definition) is 5. The van der Waals surface area contributed by atoms with Gasteiger partial charge in [0.05, 0.1) is 26.4 Å². The molecule has 0 amide bonds. The zero-order valence-electron chi connectivity index (χ0n) is 9.04. The van der Waals surface area contributed by atoms with Crippen molar-refractivity contribution in [1.82, 2.24) is 0 Å². The van der Waals surface area contributed by atoms with Gasteiger partial charge in [0.25, 0.3) is 0 Å². The van der Waals surface area contributed by atoms with Gasteiger partial charge in [0.15, 0.2) is 0 Å². The molecule has 2 N–H and O–H groups in total. The van der Waals surface area contributed by atoms with Gasteiger partial charge in [-0.25, -0.2) is 4.79 Å². The van der Waals surface area contributed by atoms with Crippen LogP contribution in [0.3, 0.4) is 0 Å². The number of nitrogens with two attached hydrogens (primary N) is 1. The number of hydrogen-bond donors (Lipinski definition) is 1. The van der Waals surface area contributed by atoms with Crippen molar-refractivity contribution < 1.29 is 19.0 Å². The van der Waals surface area contributed by atoms with Crippen LogP contribution < -0.4 is 5.73 Å². The quantitative estimate of drug-likeness (QED) is 0.465. The number of carbonyl (C=O) groups excluding carboxylic acids is 1. The Balaban J connectivity index is 3.76. The molecule has 0 aliphatic heterocycles. The van der Waals surface area contributed by atoms with E-state index in [-0.39, 0.29) is 6.61 Å². The Hall–Kier alpha value is -0.650. The van der Waals surface area contributed by atoms with Gasteiger partial charge in [-0.2, -0.15) is 0 Å². The van der Waals surface area contributed by atoms with E-state index in [1.54, 1.807) is 21.0 Å². The Morgan fingerprint density at radius 2 is 2.07 bits per heavy atom. The lowest BCUT2D eigenvalue weighted by molar-refractivity contribution is -0.151. The molecule has 5 heteroatoms. The van der Waals surface area contributed by atoms with Crippen molar-refractivity contribution in [3.8, 4) is 0 Å². The number of methoxy groups -OCH3 is 1. The highest BCUT2D eigenvalue weighted by Crippen LogP contribution is 2.03. The van der Waals surface area contributed by atoms with Crippen LogP contribution in [-0.4, -0.2) is 45.0 Å². The average Bonchev–Trinajstić information content (AvgIpc) is 2.13. The standard InChI is InChI=1S/C9H19NO4/c1-4-14-8(11)9(2,10)7-13-6-5-12-3/h4-7,10H2,1-3H3. The Labute approximate surface area is 84.5 Å². The van der Waals surface area contributed by atoms with Gasteiger partial charge >= 0.3 is 5.97 Å². The smallest absolute Gasteiger partial charge is 0.328 e. The summed E-state index contributed by atoms with van der Waals surface area (Å²) in [6, 6.07) is 0. The van der Waals surface area contributed by atoms with Crippen molar-refractivity contribution in [3.63, 3.8) is 0 Å². The zero-order chi connectivity index (χ0) is 11.0. The topological polar surface area (TPSA) is 70.8 Å². The molecule has 0 saturated carbocycles. The summed E-state index contributed by atoms with van der Waals surface area (Å²) in [4.78, 5) is 11.3. The van der Waals surface area contributed by atoms with E-state index >= 15 is 0 Å². The van der Waals surface area contributed by atoms with Crippen LogP contribution in [0, 0.1) is 0 Å². The summed E-state index contributed by atoms with van der Waals surface area (Å²) in [7, 11) is 1.58. The Bertz CT molecular complexity index is 170. The van der Waals surface area contributed by atoms with Gasteiger partial charge in [-0.3, -0.25) is 0 Å². The lowest BCUT2D eigenvalue weighted by Crippen LogP contribution is -2.50. The summed E-state index contributed by atoms with van der Waals surface area (Å²) in [5, 5.41) is 0. The summed E-state index contributed by atoms with van der Waals surface area (Å²) in [5.74, 6) is -0.447. The molecular weight excluding hydrogens is 186 g/mol. The van der Waals surface area contributed by atoms with Gasteiger partial charge in [-0.1, -0.05) is 0 Å². The molecule has 5 nitrogen and oxygen atoms in total. The Morgan fingerprint density at radius 1 is 1.43 bits per heavy atom. The molecule has 0 radical (unpaired) electrons. The van der Waals surface area contributed by atoms with E-state index in [1.165, 1.54) is 0 Å². The van der Waals surface area contributed by atoms with E-state index in [4.69, 9.17) is 19.9 Å². The minimum Gasteiger partial charge on any atom is -0.465 e. The summed E-state index contributed by atoms with van der Waals surface area (Å²) in [6.45, 7) is 4.68. The third-order valence-electron chi connectivity index (χ3n) is 1.58. The highest BCUT2D eigenvalue weighted by atomic mass is 16.5. The van der Waals surface area contributed by atoms with Crippen LogP contribution in [0.15, 0.2) is 0 Å². The SMILES string of the molecule is CCOC(=O)C(C)(N)COCCOC. The van der Waals surface area contributed by atoms with E-state index in [0.717, 1.165) is 0 Å². The third-order valence-corrected chi connectivity index (χ3v) is 1.58. The third kappa shape index (κ3) is 5.16. The second kappa shape index (κ2) is 6.75. The van der Waals surface area contributed by atoms with Gasteiger partial charge in [-0.05, 0) is 13.8 Å². The minimum absolute atomic E-state index is 0.134. The number of ether oxygens (including phenoxy) is 3. The lowest BCUT2D eigenvalue weighted by atomic mass is 10.1. The molecule has 0 rings (SSSR count). The fraction of sp³-hybridized carbons (Fsp3) is 0.889. The van der Waals surface area contributed by atoms with E-state index < -0.39 is 11.5 Å².